The van der Waals surface area contributed by atoms with Crippen LogP contribution >= 0.6 is 0 Å². The van der Waals surface area contributed by atoms with Crippen LogP contribution in [-0.2, 0) is 23.0 Å². The van der Waals surface area contributed by atoms with Gasteiger partial charge < -0.3 is 19.9 Å². The number of aryl methyl sites for hydroxylation is 2. The van der Waals surface area contributed by atoms with Gasteiger partial charge in [0.1, 0.15) is 35.1 Å². The van der Waals surface area contributed by atoms with E-state index in [1.54, 1.807) is 14.0 Å². The van der Waals surface area contributed by atoms with Crippen molar-refractivity contribution in [3.05, 3.63) is 93.2 Å². The standard InChI is InChI=1S/C31H28F6N4O4/c1-5-25(31(35,36)37)39-18-12-20(33)27(21(34)13-18)28(42)40-23(30(44)45-4)10-16-6-8-22(38-14-16)26-15(2)19-11-17(32)7-9-24(19)41(3)29(26)43/h6-9,11-14,23,25,39H,5,10H2,1-4H3,(H,40,42)/t23-,25+/m0/s1. The number of fused-ring (bicyclic) bond motifs is 1. The van der Waals surface area contributed by atoms with E-state index < -0.39 is 65.3 Å². The lowest BCUT2D eigenvalue weighted by Crippen LogP contribution is -2.43. The molecule has 2 aromatic carbocycles. The molecule has 2 aromatic heterocycles. The van der Waals surface area contributed by atoms with E-state index in [9.17, 15) is 40.7 Å². The van der Waals surface area contributed by atoms with Crippen LogP contribution in [0.1, 0.15) is 34.8 Å². The lowest BCUT2D eigenvalue weighted by molar-refractivity contribution is -0.143. The van der Waals surface area contributed by atoms with Gasteiger partial charge in [-0.1, -0.05) is 13.0 Å². The van der Waals surface area contributed by atoms with Crippen LogP contribution in [0.15, 0.2) is 53.5 Å². The number of carbonyl (C=O) groups is 2. The number of halogens is 6. The maximum Gasteiger partial charge on any atom is 0.408 e. The molecule has 4 aromatic rings. The highest BCUT2D eigenvalue weighted by Crippen LogP contribution is 2.28. The van der Waals surface area contributed by atoms with Crippen LogP contribution in [0.25, 0.3) is 22.2 Å². The predicted octanol–water partition coefficient (Wildman–Crippen LogP) is 5.59. The van der Waals surface area contributed by atoms with Crippen molar-refractivity contribution in [3.63, 3.8) is 0 Å². The van der Waals surface area contributed by atoms with Crippen LogP contribution < -0.4 is 16.2 Å². The molecule has 1 amide bonds. The molecule has 4 rings (SSSR count). The predicted molar refractivity (Wildman–Crippen MR) is 154 cm³/mol. The fourth-order valence-electron chi connectivity index (χ4n) is 4.96. The third kappa shape index (κ3) is 6.94. The number of alkyl halides is 3. The molecule has 2 N–H and O–H groups in total. The number of rotatable bonds is 9. The molecular formula is C31H28F6N4O4. The summed E-state index contributed by atoms with van der Waals surface area (Å²) in [5, 5.41) is 4.71. The second-order valence-corrected chi connectivity index (χ2v) is 10.3. The number of amides is 1. The molecule has 0 bridgehead atoms. The summed E-state index contributed by atoms with van der Waals surface area (Å²) in [4.78, 5) is 42.8. The van der Waals surface area contributed by atoms with Crippen molar-refractivity contribution in [3.8, 4) is 11.3 Å². The van der Waals surface area contributed by atoms with Crippen molar-refractivity contribution in [1.29, 1.82) is 0 Å². The van der Waals surface area contributed by atoms with Crippen molar-refractivity contribution in [1.82, 2.24) is 14.9 Å². The highest BCUT2D eigenvalue weighted by Gasteiger charge is 2.38. The molecule has 0 spiro atoms. The molecule has 2 atom stereocenters. The van der Waals surface area contributed by atoms with Crippen molar-refractivity contribution in [2.24, 2.45) is 7.05 Å². The van der Waals surface area contributed by atoms with E-state index in [2.05, 4.69) is 10.3 Å². The van der Waals surface area contributed by atoms with E-state index in [1.807, 2.05) is 5.32 Å². The van der Waals surface area contributed by atoms with Crippen molar-refractivity contribution in [2.75, 3.05) is 12.4 Å². The van der Waals surface area contributed by atoms with E-state index >= 15 is 0 Å². The van der Waals surface area contributed by atoms with E-state index in [0.29, 0.717) is 34.2 Å². The Balaban J connectivity index is 1.58. The Bertz CT molecular complexity index is 1800. The van der Waals surface area contributed by atoms with E-state index in [-0.39, 0.29) is 23.2 Å². The third-order valence-electron chi connectivity index (χ3n) is 7.34. The summed E-state index contributed by atoms with van der Waals surface area (Å²) >= 11 is 0. The fraction of sp³-hybridized carbons (Fsp3) is 0.290. The molecule has 238 valence electrons. The number of nitrogens with zero attached hydrogens (tertiary/aromatic N) is 2. The summed E-state index contributed by atoms with van der Waals surface area (Å²) < 4.78 is 88.9. The molecule has 0 saturated heterocycles. The fourth-order valence-corrected chi connectivity index (χ4v) is 4.96. The average Bonchev–Trinajstić information content (AvgIpc) is 2.98. The van der Waals surface area contributed by atoms with Gasteiger partial charge in [-0.25, -0.2) is 18.0 Å². The summed E-state index contributed by atoms with van der Waals surface area (Å²) in [6, 6.07) is 4.66. The summed E-state index contributed by atoms with van der Waals surface area (Å²) in [6.45, 7) is 2.90. The summed E-state index contributed by atoms with van der Waals surface area (Å²) in [5.74, 6) is -5.68. The Morgan fingerprint density at radius 2 is 1.71 bits per heavy atom. The largest absolute Gasteiger partial charge is 0.467 e. The number of methoxy groups -OCH3 is 1. The highest BCUT2D eigenvalue weighted by atomic mass is 19.4. The van der Waals surface area contributed by atoms with Gasteiger partial charge in [-0.2, -0.15) is 13.2 Å². The molecule has 2 heterocycles. The molecule has 0 aliphatic carbocycles. The van der Waals surface area contributed by atoms with Crippen molar-refractivity contribution < 1.29 is 40.7 Å². The first kappa shape index (κ1) is 33.0. The van der Waals surface area contributed by atoms with Crippen molar-refractivity contribution >= 4 is 28.5 Å². The van der Waals surface area contributed by atoms with Crippen molar-refractivity contribution in [2.45, 2.75) is 44.9 Å². The van der Waals surface area contributed by atoms with E-state index in [4.69, 9.17) is 4.74 Å². The number of nitrogens with one attached hydrogen (secondary N) is 2. The molecular weight excluding hydrogens is 606 g/mol. The number of anilines is 1. The zero-order chi connectivity index (χ0) is 33.2. The zero-order valence-corrected chi connectivity index (χ0v) is 24.5. The van der Waals surface area contributed by atoms with E-state index in [0.717, 1.165) is 7.11 Å². The molecule has 45 heavy (non-hydrogen) atoms. The van der Waals surface area contributed by atoms with Gasteiger partial charge >= 0.3 is 12.1 Å². The lowest BCUT2D eigenvalue weighted by Gasteiger charge is -2.22. The Kier molecular flexibility index (Phi) is 9.54. The Hall–Kier alpha value is -4.88. The molecule has 14 heteroatoms. The Labute approximate surface area is 253 Å². The molecule has 0 fully saturated rings. The van der Waals surface area contributed by atoms with Gasteiger partial charge in [-0.15, -0.1) is 0 Å². The average molecular weight is 635 g/mol. The Morgan fingerprint density at radius 1 is 1.04 bits per heavy atom. The molecule has 0 aliphatic rings. The van der Waals surface area contributed by atoms with Gasteiger partial charge in [0.15, 0.2) is 0 Å². The van der Waals surface area contributed by atoms with Gasteiger partial charge in [0.2, 0.25) is 0 Å². The summed E-state index contributed by atoms with van der Waals surface area (Å²) in [5.41, 5.74) is -0.123. The second kappa shape index (κ2) is 13.0. The number of aromatic nitrogens is 2. The summed E-state index contributed by atoms with van der Waals surface area (Å²) in [6.07, 6.45) is -4.00. The molecule has 8 nitrogen and oxygen atoms in total. The Morgan fingerprint density at radius 3 is 2.27 bits per heavy atom. The zero-order valence-electron chi connectivity index (χ0n) is 24.5. The number of pyridine rings is 2. The number of benzene rings is 2. The third-order valence-corrected chi connectivity index (χ3v) is 7.34. The number of hydrogen-bond donors (Lipinski definition) is 2. The van der Waals surface area contributed by atoms with E-state index in [1.165, 1.54) is 48.0 Å². The van der Waals surface area contributed by atoms with Crippen LogP contribution in [0.5, 0.6) is 0 Å². The van der Waals surface area contributed by atoms with Crippen LogP contribution in [0.3, 0.4) is 0 Å². The first-order valence-corrected chi connectivity index (χ1v) is 13.6. The lowest BCUT2D eigenvalue weighted by atomic mass is 10.00. The second-order valence-electron chi connectivity index (χ2n) is 10.3. The molecule has 0 aliphatic heterocycles. The molecule has 0 radical (unpaired) electrons. The van der Waals surface area contributed by atoms with Crippen LogP contribution in [0.2, 0.25) is 0 Å². The van der Waals surface area contributed by atoms with Crippen LogP contribution in [-0.4, -0.2) is 46.8 Å². The van der Waals surface area contributed by atoms with Gasteiger partial charge in [-0.05, 0) is 60.9 Å². The van der Waals surface area contributed by atoms with Gasteiger partial charge in [0, 0.05) is 30.7 Å². The highest BCUT2D eigenvalue weighted by molar-refractivity contribution is 5.97. The maximum atomic E-state index is 14.8. The number of esters is 1. The normalized spacial score (nSPS) is 12.9. The number of hydrogen-bond acceptors (Lipinski definition) is 6. The monoisotopic (exact) mass is 634 g/mol. The van der Waals surface area contributed by atoms with Gasteiger partial charge in [0.25, 0.3) is 11.5 Å². The first-order chi connectivity index (χ1) is 21.2. The smallest absolute Gasteiger partial charge is 0.408 e. The van der Waals surface area contributed by atoms with Gasteiger partial charge in [0.05, 0.1) is 23.9 Å². The molecule has 0 unspecified atom stereocenters. The van der Waals surface area contributed by atoms with Gasteiger partial charge in [-0.3, -0.25) is 14.6 Å². The van der Waals surface area contributed by atoms with Crippen LogP contribution in [0.4, 0.5) is 32.0 Å². The minimum Gasteiger partial charge on any atom is -0.467 e. The van der Waals surface area contributed by atoms with Crippen LogP contribution in [0, 0.1) is 24.4 Å². The number of carbonyl (C=O) groups excluding carboxylic acids is 2. The first-order valence-electron chi connectivity index (χ1n) is 13.6. The minimum atomic E-state index is -4.68. The SMILES string of the molecule is CC[C@@H](Nc1cc(F)c(C(=O)N[C@@H](Cc2ccc(-c3c(C)c4cc(F)ccc4n(C)c3=O)nc2)C(=O)OC)c(F)c1)C(F)(F)F. The maximum absolute atomic E-state index is 14.8. The molecule has 0 saturated carbocycles. The quantitative estimate of drug-likeness (QED) is 0.184. The summed E-state index contributed by atoms with van der Waals surface area (Å²) in [7, 11) is 2.58. The minimum absolute atomic E-state index is 0.226. The number of ether oxygens (including phenoxy) is 1. The topological polar surface area (TPSA) is 102 Å².